The molecule has 0 spiro atoms. The van der Waals surface area contributed by atoms with E-state index in [0.717, 1.165) is 50.9 Å². The van der Waals surface area contributed by atoms with Gasteiger partial charge in [-0.05, 0) is 25.7 Å². The predicted molar refractivity (Wildman–Crippen MR) is 102 cm³/mol. The molecule has 1 aliphatic heterocycles. The van der Waals surface area contributed by atoms with Crippen molar-refractivity contribution < 1.29 is 5.11 Å². The molecule has 5 heteroatoms. The van der Waals surface area contributed by atoms with E-state index in [-0.39, 0.29) is 0 Å². The van der Waals surface area contributed by atoms with Crippen LogP contribution in [0.3, 0.4) is 0 Å². The molecule has 1 aromatic rings. The summed E-state index contributed by atoms with van der Waals surface area (Å²) in [5.41, 5.74) is 1.24. The Bertz CT molecular complexity index is 498. The van der Waals surface area contributed by atoms with Gasteiger partial charge in [0.15, 0.2) is 0 Å². The second-order valence-corrected chi connectivity index (χ2v) is 7.89. The molecule has 3 rings (SSSR count). The molecule has 0 aromatic carbocycles. The van der Waals surface area contributed by atoms with Gasteiger partial charge in [-0.3, -0.25) is 9.80 Å². The average molecular weight is 349 g/mol. The second-order valence-electron chi connectivity index (χ2n) is 7.89. The second kappa shape index (κ2) is 9.70. The van der Waals surface area contributed by atoms with Crippen LogP contribution in [0.25, 0.3) is 0 Å². The Morgan fingerprint density at radius 1 is 1.24 bits per heavy atom. The van der Waals surface area contributed by atoms with Crippen molar-refractivity contribution in [1.82, 2.24) is 19.8 Å². The third kappa shape index (κ3) is 5.28. The van der Waals surface area contributed by atoms with E-state index in [2.05, 4.69) is 26.7 Å². The summed E-state index contributed by atoms with van der Waals surface area (Å²) < 4.78 is 0. The number of H-pyrrole nitrogens is 1. The lowest BCUT2D eigenvalue weighted by Crippen LogP contribution is -2.56. The van der Waals surface area contributed by atoms with Crippen LogP contribution in [0.5, 0.6) is 0 Å². The molecule has 0 bridgehead atoms. The normalized spacial score (nSPS) is 24.0. The highest BCUT2D eigenvalue weighted by molar-refractivity contribution is 5.02. The number of nitrogens with zero attached hydrogens (tertiary/aromatic N) is 3. The molecule has 0 unspecified atom stereocenters. The molecule has 2 fully saturated rings. The maximum absolute atomic E-state index is 9.54. The van der Waals surface area contributed by atoms with Crippen molar-refractivity contribution in [2.75, 3.05) is 26.2 Å². The zero-order valence-corrected chi connectivity index (χ0v) is 15.9. The van der Waals surface area contributed by atoms with E-state index < -0.39 is 0 Å². The highest BCUT2D eigenvalue weighted by Crippen LogP contribution is 2.27. The SMILES string of the molecule is CCCCc1ncc(CN2CCN(C3CCCCC3)[C@@H](CCO)C2)[nH]1. The fraction of sp³-hybridized carbons (Fsp3) is 0.850. The molecule has 0 amide bonds. The molecule has 1 atom stereocenters. The minimum absolute atomic E-state index is 0.299. The number of rotatable bonds is 8. The molecule has 142 valence electrons. The minimum Gasteiger partial charge on any atom is -0.396 e. The molecule has 2 heterocycles. The number of aliphatic hydroxyl groups excluding tert-OH is 1. The number of unbranched alkanes of at least 4 members (excludes halogenated alkanes) is 1. The van der Waals surface area contributed by atoms with E-state index in [4.69, 9.17) is 0 Å². The predicted octanol–water partition coefficient (Wildman–Crippen LogP) is 2.95. The first kappa shape index (κ1) is 18.9. The van der Waals surface area contributed by atoms with Crippen molar-refractivity contribution in [3.63, 3.8) is 0 Å². The largest absolute Gasteiger partial charge is 0.396 e. The molecule has 1 aliphatic carbocycles. The van der Waals surface area contributed by atoms with Gasteiger partial charge in [0.2, 0.25) is 0 Å². The van der Waals surface area contributed by atoms with Crippen molar-refractivity contribution >= 4 is 0 Å². The summed E-state index contributed by atoms with van der Waals surface area (Å²) in [5.74, 6) is 1.13. The first-order valence-electron chi connectivity index (χ1n) is 10.4. The quantitative estimate of drug-likeness (QED) is 0.758. The number of aromatic amines is 1. The van der Waals surface area contributed by atoms with Crippen LogP contribution in [-0.2, 0) is 13.0 Å². The van der Waals surface area contributed by atoms with Crippen molar-refractivity contribution in [3.05, 3.63) is 17.7 Å². The maximum atomic E-state index is 9.54. The minimum atomic E-state index is 0.299. The van der Waals surface area contributed by atoms with Gasteiger partial charge in [0.05, 0.1) is 0 Å². The summed E-state index contributed by atoms with van der Waals surface area (Å²) in [7, 11) is 0. The van der Waals surface area contributed by atoms with Gasteiger partial charge in [0.1, 0.15) is 5.82 Å². The Balaban J connectivity index is 1.54. The topological polar surface area (TPSA) is 55.4 Å². The fourth-order valence-corrected chi connectivity index (χ4v) is 4.58. The molecule has 5 nitrogen and oxygen atoms in total. The summed E-state index contributed by atoms with van der Waals surface area (Å²) in [6.45, 7) is 6.82. The summed E-state index contributed by atoms with van der Waals surface area (Å²) in [6, 6.07) is 1.25. The van der Waals surface area contributed by atoms with E-state index in [1.807, 2.05) is 6.20 Å². The summed E-state index contributed by atoms with van der Waals surface area (Å²) in [4.78, 5) is 13.3. The van der Waals surface area contributed by atoms with Crippen molar-refractivity contribution in [2.45, 2.75) is 83.3 Å². The molecule has 1 saturated carbocycles. The van der Waals surface area contributed by atoms with Gasteiger partial charge in [0, 0.05) is 63.2 Å². The van der Waals surface area contributed by atoms with Gasteiger partial charge >= 0.3 is 0 Å². The average Bonchev–Trinajstić information content (AvgIpc) is 3.08. The van der Waals surface area contributed by atoms with E-state index >= 15 is 0 Å². The number of nitrogens with one attached hydrogen (secondary N) is 1. The Kier molecular flexibility index (Phi) is 7.32. The summed E-state index contributed by atoms with van der Waals surface area (Å²) >= 11 is 0. The standard InChI is InChI=1S/C20H36N4O/c1-2-3-9-20-21-14-17(22-20)15-23-11-12-24(19(16-23)10-13-25)18-7-5-4-6-8-18/h14,18-19,25H,2-13,15-16H2,1H3,(H,21,22)/t19-/m0/s1. The van der Waals surface area contributed by atoms with E-state index in [9.17, 15) is 5.11 Å². The first-order valence-corrected chi connectivity index (χ1v) is 10.4. The number of aryl methyl sites for hydroxylation is 1. The third-order valence-electron chi connectivity index (χ3n) is 5.96. The van der Waals surface area contributed by atoms with Gasteiger partial charge in [-0.15, -0.1) is 0 Å². The van der Waals surface area contributed by atoms with Gasteiger partial charge < -0.3 is 10.1 Å². The molecule has 0 radical (unpaired) electrons. The van der Waals surface area contributed by atoms with Crippen molar-refractivity contribution in [3.8, 4) is 0 Å². The molecule has 1 saturated heterocycles. The zero-order chi connectivity index (χ0) is 17.5. The van der Waals surface area contributed by atoms with Crippen LogP contribution < -0.4 is 0 Å². The van der Waals surface area contributed by atoms with E-state index in [1.54, 1.807) is 0 Å². The lowest BCUT2D eigenvalue weighted by Gasteiger charge is -2.46. The van der Waals surface area contributed by atoms with Crippen LogP contribution >= 0.6 is 0 Å². The smallest absolute Gasteiger partial charge is 0.106 e. The monoisotopic (exact) mass is 348 g/mol. The Morgan fingerprint density at radius 3 is 2.84 bits per heavy atom. The maximum Gasteiger partial charge on any atom is 0.106 e. The lowest BCUT2D eigenvalue weighted by atomic mass is 9.92. The molecule has 1 aromatic heterocycles. The number of imidazole rings is 1. The number of aromatic nitrogens is 2. The van der Waals surface area contributed by atoms with Gasteiger partial charge in [-0.1, -0.05) is 32.6 Å². The van der Waals surface area contributed by atoms with Crippen LogP contribution in [0.4, 0.5) is 0 Å². The van der Waals surface area contributed by atoms with Gasteiger partial charge in [0.25, 0.3) is 0 Å². The molecule has 25 heavy (non-hydrogen) atoms. The number of aliphatic hydroxyl groups is 1. The molecular formula is C20H36N4O. The van der Waals surface area contributed by atoms with E-state index in [0.29, 0.717) is 12.6 Å². The van der Waals surface area contributed by atoms with Crippen LogP contribution in [0.2, 0.25) is 0 Å². The fourth-order valence-electron chi connectivity index (χ4n) is 4.58. The van der Waals surface area contributed by atoms with E-state index in [1.165, 1.54) is 50.6 Å². The van der Waals surface area contributed by atoms with Crippen LogP contribution in [0.1, 0.15) is 69.8 Å². The van der Waals surface area contributed by atoms with Crippen molar-refractivity contribution in [2.24, 2.45) is 0 Å². The molecule has 2 N–H and O–H groups in total. The Morgan fingerprint density at radius 2 is 2.08 bits per heavy atom. The van der Waals surface area contributed by atoms with Crippen molar-refractivity contribution in [1.29, 1.82) is 0 Å². The summed E-state index contributed by atoms with van der Waals surface area (Å²) in [5, 5.41) is 9.54. The number of hydrogen-bond acceptors (Lipinski definition) is 4. The Labute approximate surface area is 152 Å². The molecule has 2 aliphatic rings. The summed E-state index contributed by atoms with van der Waals surface area (Å²) in [6.07, 6.45) is 13.2. The third-order valence-corrected chi connectivity index (χ3v) is 5.96. The lowest BCUT2D eigenvalue weighted by molar-refractivity contribution is 0.0133. The first-order chi connectivity index (χ1) is 12.3. The van der Waals surface area contributed by atoms with Crippen LogP contribution in [0, 0.1) is 0 Å². The zero-order valence-electron chi connectivity index (χ0n) is 15.9. The number of hydrogen-bond donors (Lipinski definition) is 2. The van der Waals surface area contributed by atoms with Gasteiger partial charge in [-0.25, -0.2) is 4.98 Å². The number of piperazine rings is 1. The molecular weight excluding hydrogens is 312 g/mol. The van der Waals surface area contributed by atoms with Crippen LogP contribution in [0.15, 0.2) is 6.20 Å². The highest BCUT2D eigenvalue weighted by Gasteiger charge is 2.32. The van der Waals surface area contributed by atoms with Crippen LogP contribution in [-0.4, -0.2) is 63.2 Å². The highest BCUT2D eigenvalue weighted by atomic mass is 16.3. The Hall–Kier alpha value is -0.910. The van der Waals surface area contributed by atoms with Gasteiger partial charge in [-0.2, -0.15) is 0 Å².